The number of ether oxygens (including phenoxy) is 1. The van der Waals surface area contributed by atoms with Crippen molar-refractivity contribution in [1.82, 2.24) is 0 Å². The summed E-state index contributed by atoms with van der Waals surface area (Å²) < 4.78 is 5.94. The van der Waals surface area contributed by atoms with Gasteiger partial charge in [0.25, 0.3) is 0 Å². The van der Waals surface area contributed by atoms with Gasteiger partial charge in [-0.2, -0.15) is 0 Å². The first kappa shape index (κ1) is 15.3. The Morgan fingerprint density at radius 1 is 1.00 bits per heavy atom. The molecule has 0 spiro atoms. The molecule has 0 aliphatic heterocycles. The van der Waals surface area contributed by atoms with Crippen LogP contribution in [0.1, 0.15) is 24.2 Å². The Morgan fingerprint density at radius 3 is 2.20 bits per heavy atom. The monoisotopic (exact) mass is 309 g/mol. The van der Waals surface area contributed by atoms with Crippen molar-refractivity contribution >= 4 is 23.2 Å². The third-order valence-corrected chi connectivity index (χ3v) is 3.78. The third kappa shape index (κ3) is 3.74. The van der Waals surface area contributed by atoms with Gasteiger partial charge in [-0.25, -0.2) is 0 Å². The zero-order chi connectivity index (χ0) is 14.5. The lowest BCUT2D eigenvalue weighted by atomic mass is 10.0. The van der Waals surface area contributed by atoms with Gasteiger partial charge in [-0.1, -0.05) is 59.6 Å². The van der Waals surface area contributed by atoms with E-state index >= 15 is 0 Å². The highest BCUT2D eigenvalue weighted by molar-refractivity contribution is 6.31. The SMILES string of the molecule is CC(N)C(OCc1ccccc1Cl)c1ccccc1Cl. The number of hydrogen-bond acceptors (Lipinski definition) is 2. The maximum atomic E-state index is 6.21. The minimum absolute atomic E-state index is 0.169. The summed E-state index contributed by atoms with van der Waals surface area (Å²) in [4.78, 5) is 0. The summed E-state index contributed by atoms with van der Waals surface area (Å²) in [5.74, 6) is 0. The van der Waals surface area contributed by atoms with Crippen LogP contribution in [0.2, 0.25) is 10.0 Å². The van der Waals surface area contributed by atoms with Crippen LogP contribution in [0.4, 0.5) is 0 Å². The highest BCUT2D eigenvalue weighted by Crippen LogP contribution is 2.29. The van der Waals surface area contributed by atoms with Crippen molar-refractivity contribution in [1.29, 1.82) is 0 Å². The molecular weight excluding hydrogens is 293 g/mol. The van der Waals surface area contributed by atoms with Crippen LogP contribution >= 0.6 is 23.2 Å². The number of hydrogen-bond donors (Lipinski definition) is 1. The third-order valence-electron chi connectivity index (χ3n) is 3.07. The van der Waals surface area contributed by atoms with Crippen molar-refractivity contribution in [2.45, 2.75) is 25.7 Å². The number of nitrogens with two attached hydrogens (primary N) is 1. The van der Waals surface area contributed by atoms with E-state index in [1.165, 1.54) is 0 Å². The normalized spacial score (nSPS) is 14.0. The van der Waals surface area contributed by atoms with E-state index in [1.807, 2.05) is 55.5 Å². The van der Waals surface area contributed by atoms with Gasteiger partial charge in [0, 0.05) is 21.7 Å². The van der Waals surface area contributed by atoms with E-state index in [0.717, 1.165) is 11.1 Å². The van der Waals surface area contributed by atoms with Gasteiger partial charge in [0.05, 0.1) is 12.7 Å². The van der Waals surface area contributed by atoms with Crippen LogP contribution in [0, 0.1) is 0 Å². The van der Waals surface area contributed by atoms with Crippen LogP contribution in [-0.4, -0.2) is 6.04 Å². The predicted octanol–water partition coefficient (Wildman–Crippen LogP) is 4.60. The van der Waals surface area contributed by atoms with E-state index in [9.17, 15) is 0 Å². The standard InChI is InChI=1S/C16H17Cl2NO/c1-11(19)16(13-7-3-5-9-15(13)18)20-10-12-6-2-4-8-14(12)17/h2-9,11,16H,10,19H2,1H3. The zero-order valence-corrected chi connectivity index (χ0v) is 12.7. The summed E-state index contributed by atoms with van der Waals surface area (Å²) in [5, 5.41) is 1.35. The zero-order valence-electron chi connectivity index (χ0n) is 11.2. The lowest BCUT2D eigenvalue weighted by Gasteiger charge is -2.23. The van der Waals surface area contributed by atoms with Crippen molar-refractivity contribution in [2.75, 3.05) is 0 Å². The summed E-state index contributed by atoms with van der Waals surface area (Å²) in [5.41, 5.74) is 7.86. The van der Waals surface area contributed by atoms with E-state index in [1.54, 1.807) is 0 Å². The number of benzene rings is 2. The van der Waals surface area contributed by atoms with Gasteiger partial charge >= 0.3 is 0 Å². The lowest BCUT2D eigenvalue weighted by molar-refractivity contribution is 0.0260. The van der Waals surface area contributed by atoms with Gasteiger partial charge < -0.3 is 10.5 Å². The molecule has 0 saturated carbocycles. The first-order valence-corrected chi connectivity index (χ1v) is 7.20. The van der Waals surface area contributed by atoms with E-state index in [-0.39, 0.29) is 12.1 Å². The summed E-state index contributed by atoms with van der Waals surface area (Å²) in [7, 11) is 0. The molecule has 0 fully saturated rings. The van der Waals surface area contributed by atoms with Gasteiger partial charge in [0.1, 0.15) is 0 Å². The minimum Gasteiger partial charge on any atom is -0.367 e. The van der Waals surface area contributed by atoms with Crippen LogP contribution in [-0.2, 0) is 11.3 Å². The fraction of sp³-hybridized carbons (Fsp3) is 0.250. The van der Waals surface area contributed by atoms with Crippen LogP contribution in [0.25, 0.3) is 0 Å². The Hall–Kier alpha value is -1.06. The highest BCUT2D eigenvalue weighted by atomic mass is 35.5. The van der Waals surface area contributed by atoms with Crippen LogP contribution in [0.3, 0.4) is 0 Å². The summed E-state index contributed by atoms with van der Waals surface area (Å²) >= 11 is 12.3. The average Bonchev–Trinajstić information content (AvgIpc) is 2.42. The first-order valence-electron chi connectivity index (χ1n) is 6.44. The molecule has 20 heavy (non-hydrogen) atoms. The largest absolute Gasteiger partial charge is 0.367 e. The molecule has 2 rings (SSSR count). The molecule has 0 saturated heterocycles. The average molecular weight is 310 g/mol. The van der Waals surface area contributed by atoms with Gasteiger partial charge in [-0.05, 0) is 24.6 Å². The second-order valence-corrected chi connectivity index (χ2v) is 5.52. The molecule has 4 heteroatoms. The molecule has 106 valence electrons. The Morgan fingerprint density at radius 2 is 1.60 bits per heavy atom. The maximum absolute atomic E-state index is 6.21. The molecule has 0 bridgehead atoms. The molecule has 0 aliphatic carbocycles. The summed E-state index contributed by atoms with van der Waals surface area (Å²) in [6.45, 7) is 2.30. The Labute approximate surface area is 129 Å². The molecule has 2 atom stereocenters. The minimum atomic E-state index is -0.264. The number of rotatable bonds is 5. The van der Waals surface area contributed by atoms with E-state index in [4.69, 9.17) is 33.7 Å². The Bertz CT molecular complexity index is 572. The van der Waals surface area contributed by atoms with Gasteiger partial charge in [-0.3, -0.25) is 0 Å². The molecule has 2 aromatic rings. The molecule has 0 aromatic heterocycles. The van der Waals surface area contributed by atoms with Crippen LogP contribution in [0.5, 0.6) is 0 Å². The molecule has 2 aromatic carbocycles. The Balaban J connectivity index is 2.15. The van der Waals surface area contributed by atoms with E-state index in [0.29, 0.717) is 16.7 Å². The van der Waals surface area contributed by atoms with Gasteiger partial charge in [0.15, 0.2) is 0 Å². The lowest BCUT2D eigenvalue weighted by Crippen LogP contribution is -2.27. The summed E-state index contributed by atoms with van der Waals surface area (Å²) in [6, 6.07) is 15.0. The fourth-order valence-corrected chi connectivity index (χ4v) is 2.46. The first-order chi connectivity index (χ1) is 9.59. The Kier molecular flexibility index (Phi) is 5.44. The van der Waals surface area contributed by atoms with Gasteiger partial charge in [-0.15, -0.1) is 0 Å². The topological polar surface area (TPSA) is 35.2 Å². The predicted molar refractivity (Wildman–Crippen MR) is 84.1 cm³/mol. The molecule has 0 heterocycles. The molecule has 0 radical (unpaired) electrons. The van der Waals surface area contributed by atoms with Crippen LogP contribution < -0.4 is 5.73 Å². The van der Waals surface area contributed by atoms with Crippen molar-refractivity contribution in [3.63, 3.8) is 0 Å². The number of halogens is 2. The fourth-order valence-electron chi connectivity index (χ4n) is 2.03. The van der Waals surface area contributed by atoms with Crippen molar-refractivity contribution in [3.8, 4) is 0 Å². The molecule has 2 nitrogen and oxygen atoms in total. The smallest absolute Gasteiger partial charge is 0.0991 e. The maximum Gasteiger partial charge on any atom is 0.0991 e. The molecular formula is C16H17Cl2NO. The van der Waals surface area contributed by atoms with E-state index < -0.39 is 0 Å². The quantitative estimate of drug-likeness (QED) is 0.876. The van der Waals surface area contributed by atoms with Gasteiger partial charge in [0.2, 0.25) is 0 Å². The van der Waals surface area contributed by atoms with Crippen molar-refractivity contribution < 1.29 is 4.74 Å². The molecule has 2 N–H and O–H groups in total. The summed E-state index contributed by atoms with van der Waals surface area (Å²) in [6.07, 6.45) is -0.264. The van der Waals surface area contributed by atoms with Crippen molar-refractivity contribution in [2.24, 2.45) is 5.73 Å². The van der Waals surface area contributed by atoms with E-state index in [2.05, 4.69) is 0 Å². The second-order valence-electron chi connectivity index (χ2n) is 4.70. The molecule has 2 unspecified atom stereocenters. The van der Waals surface area contributed by atoms with Crippen LogP contribution in [0.15, 0.2) is 48.5 Å². The second kappa shape index (κ2) is 7.09. The van der Waals surface area contributed by atoms with Crippen molar-refractivity contribution in [3.05, 3.63) is 69.7 Å². The highest BCUT2D eigenvalue weighted by Gasteiger charge is 2.19. The molecule has 0 aliphatic rings. The molecule has 0 amide bonds.